The van der Waals surface area contributed by atoms with Crippen molar-refractivity contribution < 1.29 is 19.1 Å². The van der Waals surface area contributed by atoms with Crippen LogP contribution < -0.4 is 25.4 Å². The standard InChI is InChI=1S/C19H19N3O4S/c1-27-13-4-2-12(3-5-13)22-9-11(6-18(22)23)19(24)21-15-8-17-16(7-14(15)20)25-10-26-17/h2-5,7-8,11H,6,9-10,20H2,1H3,(H,21,24). The van der Waals surface area contributed by atoms with Crippen molar-refractivity contribution >= 4 is 40.6 Å². The number of benzene rings is 2. The van der Waals surface area contributed by atoms with E-state index in [1.165, 1.54) is 0 Å². The predicted molar refractivity (Wildman–Crippen MR) is 104 cm³/mol. The van der Waals surface area contributed by atoms with Gasteiger partial charge in [-0.2, -0.15) is 0 Å². The first-order valence-corrected chi connectivity index (χ1v) is 9.72. The van der Waals surface area contributed by atoms with Crippen LogP contribution in [0.3, 0.4) is 0 Å². The lowest BCUT2D eigenvalue weighted by molar-refractivity contribution is -0.122. The van der Waals surface area contributed by atoms with Crippen molar-refractivity contribution in [3.63, 3.8) is 0 Å². The van der Waals surface area contributed by atoms with Crippen molar-refractivity contribution in [2.75, 3.05) is 35.5 Å². The molecule has 4 rings (SSSR count). The number of carbonyl (C=O) groups excluding carboxylic acids is 2. The molecule has 1 saturated heterocycles. The van der Waals surface area contributed by atoms with E-state index < -0.39 is 5.92 Å². The molecule has 27 heavy (non-hydrogen) atoms. The third-order valence-corrected chi connectivity index (χ3v) is 5.43. The van der Waals surface area contributed by atoms with Crippen LogP contribution in [0.5, 0.6) is 11.5 Å². The Morgan fingerprint density at radius 2 is 1.93 bits per heavy atom. The predicted octanol–water partition coefficient (Wildman–Crippen LogP) is 2.71. The minimum atomic E-state index is -0.442. The van der Waals surface area contributed by atoms with Gasteiger partial charge in [-0.15, -0.1) is 11.8 Å². The minimum absolute atomic E-state index is 0.0642. The smallest absolute Gasteiger partial charge is 0.231 e. The van der Waals surface area contributed by atoms with Crippen molar-refractivity contribution in [1.29, 1.82) is 0 Å². The summed E-state index contributed by atoms with van der Waals surface area (Å²) < 4.78 is 10.6. The van der Waals surface area contributed by atoms with Gasteiger partial charge in [0.15, 0.2) is 11.5 Å². The molecule has 140 valence electrons. The van der Waals surface area contributed by atoms with Crippen LogP contribution in [-0.2, 0) is 9.59 Å². The summed E-state index contributed by atoms with van der Waals surface area (Å²) in [7, 11) is 0. The van der Waals surface area contributed by atoms with Crippen molar-refractivity contribution in [2.45, 2.75) is 11.3 Å². The van der Waals surface area contributed by atoms with E-state index in [-0.39, 0.29) is 25.0 Å². The Hall–Kier alpha value is -2.87. The molecule has 0 saturated carbocycles. The number of anilines is 3. The molecule has 0 spiro atoms. The number of nitrogens with one attached hydrogen (secondary N) is 1. The molecule has 0 radical (unpaired) electrons. The highest BCUT2D eigenvalue weighted by Crippen LogP contribution is 2.38. The second-order valence-corrected chi connectivity index (χ2v) is 7.27. The third-order valence-electron chi connectivity index (χ3n) is 4.68. The first-order valence-electron chi connectivity index (χ1n) is 8.49. The summed E-state index contributed by atoms with van der Waals surface area (Å²) in [4.78, 5) is 27.8. The quantitative estimate of drug-likeness (QED) is 0.621. The van der Waals surface area contributed by atoms with E-state index in [1.807, 2.05) is 30.5 Å². The summed E-state index contributed by atoms with van der Waals surface area (Å²) in [5.74, 6) is 0.351. The molecule has 1 fully saturated rings. The molecule has 0 aliphatic carbocycles. The number of nitrogens with zero attached hydrogens (tertiary/aromatic N) is 1. The van der Waals surface area contributed by atoms with Crippen molar-refractivity contribution in [1.82, 2.24) is 0 Å². The highest BCUT2D eigenvalue weighted by molar-refractivity contribution is 7.98. The van der Waals surface area contributed by atoms with Gasteiger partial charge in [0.2, 0.25) is 18.6 Å². The van der Waals surface area contributed by atoms with Crippen molar-refractivity contribution in [3.05, 3.63) is 36.4 Å². The van der Waals surface area contributed by atoms with Gasteiger partial charge >= 0.3 is 0 Å². The maximum Gasteiger partial charge on any atom is 0.231 e. The Labute approximate surface area is 160 Å². The molecule has 7 nitrogen and oxygen atoms in total. The van der Waals surface area contributed by atoms with Crippen LogP contribution in [0, 0.1) is 5.92 Å². The fraction of sp³-hybridized carbons (Fsp3) is 0.263. The second-order valence-electron chi connectivity index (χ2n) is 6.39. The number of thioether (sulfide) groups is 1. The summed E-state index contributed by atoms with van der Waals surface area (Å²) in [5, 5.41) is 2.81. The van der Waals surface area contributed by atoms with Crippen LogP contribution in [-0.4, -0.2) is 31.4 Å². The van der Waals surface area contributed by atoms with E-state index in [4.69, 9.17) is 15.2 Å². The third kappa shape index (κ3) is 3.40. The lowest BCUT2D eigenvalue weighted by Crippen LogP contribution is -2.28. The molecule has 8 heteroatoms. The fourth-order valence-electron chi connectivity index (χ4n) is 3.20. The van der Waals surface area contributed by atoms with Gasteiger partial charge in [-0.05, 0) is 30.5 Å². The number of ether oxygens (including phenoxy) is 2. The first-order chi connectivity index (χ1) is 13.0. The molecule has 0 aromatic heterocycles. The number of amides is 2. The van der Waals surface area contributed by atoms with Crippen LogP contribution >= 0.6 is 11.8 Å². The van der Waals surface area contributed by atoms with Gasteiger partial charge in [-0.3, -0.25) is 9.59 Å². The minimum Gasteiger partial charge on any atom is -0.454 e. The van der Waals surface area contributed by atoms with Gasteiger partial charge in [0.1, 0.15) is 0 Å². The van der Waals surface area contributed by atoms with Crippen molar-refractivity contribution in [3.8, 4) is 11.5 Å². The van der Waals surface area contributed by atoms with Gasteiger partial charge in [0, 0.05) is 35.7 Å². The Morgan fingerprint density at radius 3 is 2.63 bits per heavy atom. The number of rotatable bonds is 4. The molecule has 2 amide bonds. The SMILES string of the molecule is CSc1ccc(N2CC(C(=O)Nc3cc4c(cc3N)OCO4)CC2=O)cc1. The largest absolute Gasteiger partial charge is 0.454 e. The fourth-order valence-corrected chi connectivity index (χ4v) is 3.60. The van der Waals surface area contributed by atoms with E-state index in [1.54, 1.807) is 28.8 Å². The molecule has 2 aliphatic rings. The summed E-state index contributed by atoms with van der Waals surface area (Å²) in [6.07, 6.45) is 2.17. The van der Waals surface area contributed by atoms with E-state index in [0.29, 0.717) is 29.4 Å². The topological polar surface area (TPSA) is 93.9 Å². The summed E-state index contributed by atoms with van der Waals surface area (Å²) in [5.41, 5.74) is 7.63. The summed E-state index contributed by atoms with van der Waals surface area (Å²) in [6.45, 7) is 0.474. The molecule has 0 bridgehead atoms. The maximum atomic E-state index is 12.7. The summed E-state index contributed by atoms with van der Waals surface area (Å²) in [6, 6.07) is 11.0. The van der Waals surface area contributed by atoms with E-state index in [0.717, 1.165) is 10.6 Å². The van der Waals surface area contributed by atoms with Crippen LogP contribution in [0.15, 0.2) is 41.3 Å². The zero-order chi connectivity index (χ0) is 19.0. The van der Waals surface area contributed by atoms with Gasteiger partial charge < -0.3 is 25.4 Å². The van der Waals surface area contributed by atoms with Gasteiger partial charge in [-0.25, -0.2) is 0 Å². The van der Waals surface area contributed by atoms with E-state index in [9.17, 15) is 9.59 Å². The number of hydrogen-bond acceptors (Lipinski definition) is 6. The second kappa shape index (κ2) is 7.03. The lowest BCUT2D eigenvalue weighted by atomic mass is 10.1. The number of nitrogen functional groups attached to an aromatic ring is 1. The van der Waals surface area contributed by atoms with Gasteiger partial charge in [0.25, 0.3) is 0 Å². The van der Waals surface area contributed by atoms with Crippen LogP contribution in [0.2, 0.25) is 0 Å². The number of hydrogen-bond donors (Lipinski definition) is 2. The zero-order valence-electron chi connectivity index (χ0n) is 14.7. The molecule has 2 aliphatic heterocycles. The Bertz CT molecular complexity index is 901. The average Bonchev–Trinajstić information content (AvgIpc) is 3.28. The monoisotopic (exact) mass is 385 g/mol. The lowest BCUT2D eigenvalue weighted by Gasteiger charge is -2.17. The molecule has 1 atom stereocenters. The number of carbonyl (C=O) groups is 2. The molecular formula is C19H19N3O4S. The van der Waals surface area contributed by atoms with Crippen molar-refractivity contribution in [2.24, 2.45) is 5.92 Å². The molecule has 1 unspecified atom stereocenters. The number of fused-ring (bicyclic) bond motifs is 1. The van der Waals surface area contributed by atoms with E-state index >= 15 is 0 Å². The Morgan fingerprint density at radius 1 is 1.22 bits per heavy atom. The Balaban J connectivity index is 1.46. The Kier molecular flexibility index (Phi) is 4.57. The van der Waals surface area contributed by atoms with Crippen LogP contribution in [0.1, 0.15) is 6.42 Å². The van der Waals surface area contributed by atoms with Gasteiger partial charge in [0.05, 0.1) is 17.3 Å². The first kappa shape index (κ1) is 17.5. The van der Waals surface area contributed by atoms with Crippen LogP contribution in [0.4, 0.5) is 17.1 Å². The van der Waals surface area contributed by atoms with Crippen LogP contribution in [0.25, 0.3) is 0 Å². The molecule has 2 aromatic carbocycles. The molecule has 3 N–H and O–H groups in total. The van der Waals surface area contributed by atoms with E-state index in [2.05, 4.69) is 5.32 Å². The maximum absolute atomic E-state index is 12.7. The normalized spacial score (nSPS) is 18.0. The number of nitrogens with two attached hydrogens (primary N) is 1. The highest BCUT2D eigenvalue weighted by Gasteiger charge is 2.35. The van der Waals surface area contributed by atoms with Gasteiger partial charge in [-0.1, -0.05) is 0 Å². The summed E-state index contributed by atoms with van der Waals surface area (Å²) >= 11 is 1.64. The zero-order valence-corrected chi connectivity index (χ0v) is 15.5. The average molecular weight is 385 g/mol. The molecule has 2 aromatic rings. The highest BCUT2D eigenvalue weighted by atomic mass is 32.2. The molecule has 2 heterocycles. The molecular weight excluding hydrogens is 366 g/mol.